The molecule has 0 spiro atoms. The Morgan fingerprint density at radius 2 is 1.59 bits per heavy atom. The fourth-order valence-corrected chi connectivity index (χ4v) is 6.89. The lowest BCUT2D eigenvalue weighted by Gasteiger charge is -2.53. The number of hydrogen-bond donors (Lipinski definition) is 6. The van der Waals surface area contributed by atoms with Crippen LogP contribution in [0.15, 0.2) is 53.3 Å². The van der Waals surface area contributed by atoms with Crippen LogP contribution in [0.25, 0.3) is 16.9 Å². The normalized spacial score (nSPS) is 29.3. The summed E-state index contributed by atoms with van der Waals surface area (Å²) < 4.78 is 0. The van der Waals surface area contributed by atoms with Gasteiger partial charge in [0.1, 0.15) is 22.8 Å². The largest absolute Gasteiger partial charge is 0.508 e. The summed E-state index contributed by atoms with van der Waals surface area (Å²) in [5.74, 6) is -9.21. The summed E-state index contributed by atoms with van der Waals surface area (Å²) in [6.07, 6.45) is -1.66. The summed E-state index contributed by atoms with van der Waals surface area (Å²) >= 11 is 0. The van der Waals surface area contributed by atoms with Crippen LogP contribution >= 0.6 is 0 Å². The third-order valence-corrected chi connectivity index (χ3v) is 8.80. The molecule has 0 radical (unpaired) electrons. The van der Waals surface area contributed by atoms with Gasteiger partial charge in [-0.05, 0) is 54.9 Å². The predicted molar refractivity (Wildman–Crippen MR) is 150 cm³/mol. The Morgan fingerprint density at radius 3 is 2.12 bits per heavy atom. The van der Waals surface area contributed by atoms with Crippen molar-refractivity contribution in [2.24, 2.45) is 17.6 Å². The van der Waals surface area contributed by atoms with Crippen LogP contribution in [-0.4, -0.2) is 93.8 Å². The number of carbonyl (C=O) groups excluding carboxylic acids is 3. The number of likely N-dealkylation sites (N-methyl/N-ethyl adjacent to an activating group) is 1. The van der Waals surface area contributed by atoms with Gasteiger partial charge in [0.05, 0.1) is 23.6 Å². The number of aromatic hydroxyl groups is 1. The predicted octanol–water partition coefficient (Wildman–Crippen LogP) is 1.23. The molecule has 5 rings (SSSR count). The van der Waals surface area contributed by atoms with E-state index in [4.69, 9.17) is 5.73 Å². The van der Waals surface area contributed by atoms with Gasteiger partial charge in [-0.25, -0.2) is 0 Å². The number of nitrogens with two attached hydrogens (primary N) is 1. The molecule has 41 heavy (non-hydrogen) atoms. The Kier molecular flexibility index (Phi) is 6.52. The molecule has 0 unspecified atom stereocenters. The van der Waals surface area contributed by atoms with Crippen molar-refractivity contribution in [3.05, 3.63) is 64.4 Å². The summed E-state index contributed by atoms with van der Waals surface area (Å²) in [6.45, 7) is 1.72. The van der Waals surface area contributed by atoms with E-state index in [9.17, 15) is 39.9 Å². The standard InChI is InChI=1S/C30H33N3O8/c1-12-17-15(13-6-8-14(9-7-13)32(2)3)10-11-16(34)19(17)24(35)20-18(12)25(36)22-23(33(4)5)26(37)21(29(31)40)28(39)30(22,41)27(20)38/h6-12,18,22-23,25,34-36,39,41H,1-5H3,(H2,31,40)/t12-,18+,22+,23-,25-,30-/m0/s1. The van der Waals surface area contributed by atoms with Crippen LogP contribution in [0.5, 0.6) is 5.75 Å². The van der Waals surface area contributed by atoms with Crippen LogP contribution in [0.4, 0.5) is 5.69 Å². The summed E-state index contributed by atoms with van der Waals surface area (Å²) in [7, 11) is 6.75. The number of phenolic OH excluding ortho intramolecular Hbond substituents is 1. The highest BCUT2D eigenvalue weighted by Crippen LogP contribution is 2.57. The maximum absolute atomic E-state index is 14.1. The Balaban J connectivity index is 1.79. The number of nitrogens with zero attached hydrogens (tertiary/aromatic N) is 2. The second-order valence-electron chi connectivity index (χ2n) is 11.4. The zero-order valence-corrected chi connectivity index (χ0v) is 23.3. The van der Waals surface area contributed by atoms with Gasteiger partial charge in [-0.15, -0.1) is 0 Å². The zero-order chi connectivity index (χ0) is 30.3. The van der Waals surface area contributed by atoms with E-state index in [2.05, 4.69) is 0 Å². The minimum Gasteiger partial charge on any atom is -0.508 e. The van der Waals surface area contributed by atoms with Crippen molar-refractivity contribution >= 4 is 28.9 Å². The maximum Gasteiger partial charge on any atom is 0.255 e. The number of primary amides is 1. The highest BCUT2D eigenvalue weighted by molar-refractivity contribution is 6.24. The van der Waals surface area contributed by atoms with Gasteiger partial charge in [0.25, 0.3) is 5.91 Å². The Bertz CT molecular complexity index is 1560. The Morgan fingerprint density at radius 1 is 0.976 bits per heavy atom. The van der Waals surface area contributed by atoms with E-state index >= 15 is 0 Å². The molecule has 11 nitrogen and oxygen atoms in total. The number of aliphatic hydroxyl groups excluding tert-OH is 3. The molecule has 0 aliphatic heterocycles. The first-order valence-corrected chi connectivity index (χ1v) is 13.1. The first-order valence-electron chi connectivity index (χ1n) is 13.1. The molecular formula is C30H33N3O8. The summed E-state index contributed by atoms with van der Waals surface area (Å²) in [6, 6.07) is 9.22. The van der Waals surface area contributed by atoms with E-state index in [0.29, 0.717) is 11.1 Å². The Labute approximate surface area is 236 Å². The monoisotopic (exact) mass is 563 g/mol. The molecule has 0 heterocycles. The lowest BCUT2D eigenvalue weighted by atomic mass is 9.54. The maximum atomic E-state index is 14.1. The van der Waals surface area contributed by atoms with Crippen molar-refractivity contribution in [1.29, 1.82) is 0 Å². The highest BCUT2D eigenvalue weighted by Gasteiger charge is 2.68. The van der Waals surface area contributed by atoms with Gasteiger partial charge in [0.15, 0.2) is 11.4 Å². The molecular weight excluding hydrogens is 530 g/mol. The van der Waals surface area contributed by atoms with Crippen LogP contribution in [-0.2, 0) is 14.4 Å². The zero-order valence-electron chi connectivity index (χ0n) is 23.3. The molecule has 7 N–H and O–H groups in total. The van der Waals surface area contributed by atoms with Gasteiger partial charge in [-0.3, -0.25) is 19.3 Å². The minimum absolute atomic E-state index is 0.0461. The first-order chi connectivity index (χ1) is 19.2. The smallest absolute Gasteiger partial charge is 0.255 e. The number of carbonyl (C=O) groups is 3. The molecule has 3 aliphatic carbocycles. The second kappa shape index (κ2) is 9.44. The number of hydrogen-bond acceptors (Lipinski definition) is 10. The number of Topliss-reactive ketones (excluding diaryl/α,β-unsaturated/α-hetero) is 2. The number of fused-ring (bicyclic) bond motifs is 3. The van der Waals surface area contributed by atoms with Gasteiger partial charge in [0.2, 0.25) is 5.78 Å². The molecule has 6 atom stereocenters. The fourth-order valence-electron chi connectivity index (χ4n) is 6.89. The average molecular weight is 564 g/mol. The van der Waals surface area contributed by atoms with Crippen LogP contribution < -0.4 is 10.6 Å². The molecule has 216 valence electrons. The highest BCUT2D eigenvalue weighted by atomic mass is 16.4. The third-order valence-electron chi connectivity index (χ3n) is 8.80. The van der Waals surface area contributed by atoms with Crippen molar-refractivity contribution in [3.63, 3.8) is 0 Å². The first kappa shape index (κ1) is 28.3. The molecule has 11 heteroatoms. The topological polar surface area (TPSA) is 185 Å². The van der Waals surface area contributed by atoms with Gasteiger partial charge >= 0.3 is 0 Å². The van der Waals surface area contributed by atoms with Crippen LogP contribution in [0.2, 0.25) is 0 Å². The lowest BCUT2D eigenvalue weighted by Crippen LogP contribution is -2.70. The van der Waals surface area contributed by atoms with Crippen molar-refractivity contribution in [3.8, 4) is 16.9 Å². The molecule has 0 saturated heterocycles. The SMILES string of the molecule is C[C@H]1c2c(-c3ccc(N(C)C)cc3)ccc(O)c2C(O)=C2C(=O)[C@]3(O)C(O)=C(C(N)=O)C(=O)[C@@H](N(C)C)[C@@H]3[C@@H](O)[C@@H]21. The third kappa shape index (κ3) is 3.73. The van der Waals surface area contributed by atoms with Crippen LogP contribution in [0.1, 0.15) is 24.0 Å². The van der Waals surface area contributed by atoms with E-state index < -0.39 is 75.6 Å². The Hall–Kier alpha value is -4.19. The molecule has 3 aliphatic rings. The molecule has 2 aromatic rings. The van der Waals surface area contributed by atoms with Gasteiger partial charge in [-0.1, -0.05) is 25.1 Å². The number of amides is 1. The van der Waals surface area contributed by atoms with Crippen molar-refractivity contribution < 1.29 is 39.9 Å². The molecule has 2 aromatic carbocycles. The fraction of sp³-hybridized carbons (Fsp3) is 0.367. The van der Waals surface area contributed by atoms with E-state index in [1.165, 1.54) is 25.1 Å². The van der Waals surface area contributed by atoms with Crippen molar-refractivity contribution in [1.82, 2.24) is 4.90 Å². The van der Waals surface area contributed by atoms with E-state index in [0.717, 1.165) is 11.3 Å². The summed E-state index contributed by atoms with van der Waals surface area (Å²) in [5, 5.41) is 57.1. The van der Waals surface area contributed by atoms with E-state index in [1.54, 1.807) is 13.0 Å². The second-order valence-corrected chi connectivity index (χ2v) is 11.4. The molecule has 0 aromatic heterocycles. The van der Waals surface area contributed by atoms with E-state index in [-0.39, 0.29) is 11.3 Å². The number of ketones is 2. The van der Waals surface area contributed by atoms with Crippen LogP contribution in [0.3, 0.4) is 0 Å². The quantitative estimate of drug-likeness (QED) is 0.296. The van der Waals surface area contributed by atoms with Gasteiger partial charge in [0, 0.05) is 31.3 Å². The number of aliphatic hydroxyl groups is 4. The average Bonchev–Trinajstić information content (AvgIpc) is 2.90. The van der Waals surface area contributed by atoms with Gasteiger partial charge in [-0.2, -0.15) is 0 Å². The number of anilines is 1. The number of rotatable bonds is 4. The summed E-state index contributed by atoms with van der Waals surface area (Å²) in [5.41, 5.74) is 3.81. The minimum atomic E-state index is -2.95. The van der Waals surface area contributed by atoms with E-state index in [1.807, 2.05) is 43.3 Å². The number of phenols is 1. The lowest BCUT2D eigenvalue weighted by molar-refractivity contribution is -0.169. The van der Waals surface area contributed by atoms with Crippen molar-refractivity contribution in [2.75, 3.05) is 33.1 Å². The molecule has 1 amide bonds. The van der Waals surface area contributed by atoms with Crippen molar-refractivity contribution in [2.45, 2.75) is 30.6 Å². The van der Waals surface area contributed by atoms with Crippen LogP contribution in [0, 0.1) is 11.8 Å². The molecule has 1 fully saturated rings. The molecule has 0 bridgehead atoms. The number of benzene rings is 2. The molecule has 1 saturated carbocycles. The van der Waals surface area contributed by atoms with Gasteiger partial charge < -0.3 is 36.2 Å². The summed E-state index contributed by atoms with van der Waals surface area (Å²) in [4.78, 5) is 42.9.